The minimum absolute atomic E-state index is 0.101. The van der Waals surface area contributed by atoms with Gasteiger partial charge >= 0.3 is 7.82 Å². The third kappa shape index (κ3) is 3.61. The van der Waals surface area contributed by atoms with Gasteiger partial charge in [0.25, 0.3) is 0 Å². The lowest BCUT2D eigenvalue weighted by Crippen LogP contribution is -2.44. The fourth-order valence-corrected chi connectivity index (χ4v) is 3.22. The summed E-state index contributed by atoms with van der Waals surface area (Å²) in [6, 6.07) is 0. The van der Waals surface area contributed by atoms with Gasteiger partial charge in [0.1, 0.15) is 17.8 Å². The number of imidazole rings is 1. The van der Waals surface area contributed by atoms with Gasteiger partial charge in [-0.15, -0.1) is 0 Å². The largest absolute Gasteiger partial charge is 0.469 e. The smallest absolute Gasteiger partial charge is 0.387 e. The van der Waals surface area contributed by atoms with Crippen molar-refractivity contribution in [3.63, 3.8) is 0 Å². The van der Waals surface area contributed by atoms with Crippen molar-refractivity contribution in [2.24, 2.45) is 5.84 Å². The summed E-state index contributed by atoms with van der Waals surface area (Å²) >= 11 is 0. The number of hydrazine groups is 1. The molecular weight excluding hydrogens is 385 g/mol. The van der Waals surface area contributed by atoms with Gasteiger partial charge in [0, 0.05) is 7.05 Å². The quantitative estimate of drug-likeness (QED) is 0.178. The lowest BCUT2D eigenvalue weighted by atomic mass is 9.96. The van der Waals surface area contributed by atoms with Gasteiger partial charge in [0.15, 0.2) is 23.2 Å². The molecule has 27 heavy (non-hydrogen) atoms. The van der Waals surface area contributed by atoms with Crippen LogP contribution in [-0.4, -0.2) is 71.0 Å². The summed E-state index contributed by atoms with van der Waals surface area (Å²) in [5.74, 6) is 5.85. The van der Waals surface area contributed by atoms with Crippen LogP contribution in [0.4, 0.5) is 11.8 Å². The molecule has 1 fully saturated rings. The molecule has 150 valence electrons. The van der Waals surface area contributed by atoms with E-state index in [1.807, 2.05) is 0 Å². The Kier molecular flexibility index (Phi) is 4.86. The molecule has 2 aromatic rings. The fourth-order valence-electron chi connectivity index (χ4n) is 2.88. The first-order valence-electron chi connectivity index (χ1n) is 7.66. The number of phosphoric acid groups is 1. The summed E-state index contributed by atoms with van der Waals surface area (Å²) < 4.78 is 22.2. The number of aliphatic hydroxyl groups is 2. The summed E-state index contributed by atoms with van der Waals surface area (Å²) in [6.45, 7) is 0.658. The molecular formula is C12H20N7O7P. The van der Waals surface area contributed by atoms with Crippen molar-refractivity contribution in [1.82, 2.24) is 19.5 Å². The highest BCUT2D eigenvalue weighted by atomic mass is 31.2. The van der Waals surface area contributed by atoms with Crippen molar-refractivity contribution in [1.29, 1.82) is 0 Å². The van der Waals surface area contributed by atoms with Gasteiger partial charge in [-0.2, -0.15) is 9.97 Å². The van der Waals surface area contributed by atoms with E-state index in [4.69, 9.17) is 26.1 Å². The van der Waals surface area contributed by atoms with Crippen molar-refractivity contribution in [2.75, 3.05) is 24.4 Å². The minimum Gasteiger partial charge on any atom is -0.387 e. The molecule has 0 unspecified atom stereocenters. The van der Waals surface area contributed by atoms with Crippen LogP contribution >= 0.6 is 7.82 Å². The Morgan fingerprint density at radius 3 is 2.74 bits per heavy atom. The van der Waals surface area contributed by atoms with Gasteiger partial charge in [-0.1, -0.05) is 0 Å². The number of hydrogen-bond donors (Lipinski definition) is 6. The van der Waals surface area contributed by atoms with Crippen molar-refractivity contribution in [2.45, 2.75) is 31.0 Å². The minimum atomic E-state index is -4.78. The Morgan fingerprint density at radius 2 is 2.15 bits per heavy atom. The van der Waals surface area contributed by atoms with E-state index in [1.54, 1.807) is 0 Å². The second kappa shape index (κ2) is 6.61. The van der Waals surface area contributed by atoms with Crippen molar-refractivity contribution in [3.05, 3.63) is 6.33 Å². The molecule has 0 bridgehead atoms. The molecule has 1 aliphatic heterocycles. The monoisotopic (exact) mass is 405 g/mol. The van der Waals surface area contributed by atoms with Crippen molar-refractivity contribution < 1.29 is 33.8 Å². The second-order valence-electron chi connectivity index (χ2n) is 6.32. The number of anilines is 2. The maximum atomic E-state index is 10.9. The molecule has 0 aromatic carbocycles. The first-order chi connectivity index (χ1) is 12.4. The van der Waals surface area contributed by atoms with E-state index in [0.29, 0.717) is 0 Å². The Morgan fingerprint density at radius 1 is 1.48 bits per heavy atom. The van der Waals surface area contributed by atoms with E-state index in [1.165, 1.54) is 29.9 Å². The number of nitrogens with zero attached hydrogens (tertiary/aromatic N) is 5. The van der Waals surface area contributed by atoms with Crippen LogP contribution in [0, 0.1) is 0 Å². The molecule has 1 saturated heterocycles. The lowest BCUT2D eigenvalue weighted by Gasteiger charge is -2.27. The van der Waals surface area contributed by atoms with Crippen LogP contribution in [0.5, 0.6) is 0 Å². The normalized spacial score (nSPS) is 28.8. The van der Waals surface area contributed by atoms with Crippen LogP contribution in [0.25, 0.3) is 11.2 Å². The Balaban J connectivity index is 1.99. The Labute approximate surface area is 152 Å². The van der Waals surface area contributed by atoms with E-state index in [2.05, 4.69) is 19.5 Å². The van der Waals surface area contributed by atoms with E-state index >= 15 is 0 Å². The van der Waals surface area contributed by atoms with E-state index in [-0.39, 0.29) is 22.9 Å². The first kappa shape index (κ1) is 19.9. The maximum Gasteiger partial charge on any atom is 0.469 e. The van der Waals surface area contributed by atoms with Gasteiger partial charge in [-0.25, -0.2) is 15.4 Å². The van der Waals surface area contributed by atoms with Gasteiger partial charge in [-0.3, -0.25) is 14.1 Å². The molecule has 0 radical (unpaired) electrons. The van der Waals surface area contributed by atoms with E-state index in [0.717, 1.165) is 0 Å². The number of phosphoric ester groups is 1. The zero-order valence-electron chi connectivity index (χ0n) is 14.4. The highest BCUT2D eigenvalue weighted by Crippen LogP contribution is 2.42. The van der Waals surface area contributed by atoms with Crippen molar-refractivity contribution >= 4 is 30.8 Å². The summed E-state index contributed by atoms with van der Waals surface area (Å²) in [5, 5.41) is 22.2. The summed E-state index contributed by atoms with van der Waals surface area (Å²) in [4.78, 5) is 29.9. The number of fused-ring (bicyclic) bond motifs is 1. The number of hydrogen-bond acceptors (Lipinski definition) is 11. The summed E-state index contributed by atoms with van der Waals surface area (Å²) in [7, 11) is -3.25. The Bertz CT molecular complexity index is 898. The molecule has 8 N–H and O–H groups in total. The van der Waals surface area contributed by atoms with Crippen LogP contribution in [0.3, 0.4) is 0 Å². The standard InChI is InChI=1S/C12H20N7O7P/c1-12(21)7(20)5(3-25-27(22,23)24)26-10(12)19-4-15-6-8(18(2)14)16-11(13)17-9(6)19/h4-5,7,10,20-21H,3,14H2,1-2H3,(H2,13,16,17)(H2,22,23,24)/t5-,7-,10-,12-/m1/s1. The number of aliphatic hydroxyl groups excluding tert-OH is 1. The molecule has 3 rings (SSSR count). The molecule has 2 aromatic heterocycles. The van der Waals surface area contributed by atoms with Crippen LogP contribution in [0.15, 0.2) is 6.33 Å². The number of ether oxygens (including phenoxy) is 1. The predicted molar refractivity (Wildman–Crippen MR) is 90.9 cm³/mol. The molecule has 3 heterocycles. The molecule has 0 spiro atoms. The van der Waals surface area contributed by atoms with Crippen LogP contribution in [0.2, 0.25) is 0 Å². The van der Waals surface area contributed by atoms with Gasteiger partial charge in [0.2, 0.25) is 5.95 Å². The van der Waals surface area contributed by atoms with Gasteiger partial charge in [-0.05, 0) is 6.92 Å². The zero-order valence-corrected chi connectivity index (χ0v) is 15.3. The van der Waals surface area contributed by atoms with Gasteiger partial charge < -0.3 is 30.5 Å². The highest BCUT2D eigenvalue weighted by Gasteiger charge is 2.54. The summed E-state index contributed by atoms with van der Waals surface area (Å²) in [6.07, 6.45) is -2.63. The third-order valence-electron chi connectivity index (χ3n) is 4.17. The fraction of sp³-hybridized carbons (Fsp3) is 0.583. The van der Waals surface area contributed by atoms with E-state index in [9.17, 15) is 14.8 Å². The molecule has 0 amide bonds. The average Bonchev–Trinajstić information content (AvgIpc) is 3.04. The van der Waals surface area contributed by atoms with Crippen LogP contribution < -0.4 is 16.6 Å². The second-order valence-corrected chi connectivity index (χ2v) is 7.56. The average molecular weight is 405 g/mol. The maximum absolute atomic E-state index is 10.9. The number of rotatable bonds is 5. The number of nitrogen functional groups attached to an aromatic ring is 1. The third-order valence-corrected chi connectivity index (χ3v) is 4.65. The number of nitrogens with two attached hydrogens (primary N) is 2. The molecule has 0 saturated carbocycles. The molecule has 4 atom stereocenters. The van der Waals surface area contributed by atoms with Crippen LogP contribution in [0.1, 0.15) is 13.2 Å². The SMILES string of the molecule is CN(N)c1nc(N)nc2c1ncn2[C@@H]1O[C@H](COP(=O)(O)O)[C@@H](O)[C@@]1(C)O. The number of aromatic nitrogens is 4. The molecule has 1 aliphatic rings. The zero-order chi connectivity index (χ0) is 20.1. The summed E-state index contributed by atoms with van der Waals surface area (Å²) in [5.41, 5.74) is 4.31. The predicted octanol–water partition coefficient (Wildman–Crippen LogP) is -2.16. The first-order valence-corrected chi connectivity index (χ1v) is 9.19. The van der Waals surface area contributed by atoms with E-state index < -0.39 is 38.5 Å². The molecule has 0 aliphatic carbocycles. The molecule has 14 nitrogen and oxygen atoms in total. The topological polar surface area (TPSA) is 215 Å². The Hall–Kier alpha value is -1.90. The van der Waals surface area contributed by atoms with Crippen molar-refractivity contribution in [3.8, 4) is 0 Å². The van der Waals surface area contributed by atoms with Crippen LogP contribution in [-0.2, 0) is 13.8 Å². The van der Waals surface area contributed by atoms with Gasteiger partial charge in [0.05, 0.1) is 12.9 Å². The highest BCUT2D eigenvalue weighted by molar-refractivity contribution is 7.46. The lowest BCUT2D eigenvalue weighted by molar-refractivity contribution is -0.0949. The molecule has 15 heteroatoms.